The minimum atomic E-state index is -0.783. The Morgan fingerprint density at radius 1 is 1.47 bits per heavy atom. The van der Waals surface area contributed by atoms with Crippen molar-refractivity contribution in [2.75, 3.05) is 18.6 Å². The van der Waals surface area contributed by atoms with Gasteiger partial charge in [0, 0.05) is 11.9 Å². The zero-order valence-electron chi connectivity index (χ0n) is 9.67. The van der Waals surface area contributed by atoms with Crippen molar-refractivity contribution in [1.29, 1.82) is 0 Å². The maximum Gasteiger partial charge on any atom is 0.329 e. The van der Waals surface area contributed by atoms with Gasteiger partial charge < -0.3 is 9.64 Å². The number of carbonyl (C=O) groups is 2. The Balaban J connectivity index is 2.31. The van der Waals surface area contributed by atoms with Gasteiger partial charge in [-0.05, 0) is 19.1 Å². The molecule has 90 valence electrons. The average Bonchev–Trinajstić information content (AvgIpc) is 2.34. The quantitative estimate of drug-likeness (QED) is 0.592. The SMILES string of the molecule is CCOC(=O)C1Sc2ccccc2N(C)C1=O. The van der Waals surface area contributed by atoms with Crippen molar-refractivity contribution in [2.45, 2.75) is 17.1 Å². The molecule has 1 aromatic rings. The number of carbonyl (C=O) groups excluding carboxylic acids is 2. The monoisotopic (exact) mass is 251 g/mol. The van der Waals surface area contributed by atoms with Crippen LogP contribution in [0.25, 0.3) is 0 Å². The number of benzene rings is 1. The summed E-state index contributed by atoms with van der Waals surface area (Å²) in [6, 6.07) is 7.52. The summed E-state index contributed by atoms with van der Waals surface area (Å²) in [6.45, 7) is 2.02. The smallest absolute Gasteiger partial charge is 0.329 e. The van der Waals surface area contributed by atoms with Gasteiger partial charge in [-0.3, -0.25) is 9.59 Å². The van der Waals surface area contributed by atoms with Crippen LogP contribution in [0, 0.1) is 0 Å². The number of para-hydroxylation sites is 1. The van der Waals surface area contributed by atoms with Crippen molar-refractivity contribution in [1.82, 2.24) is 0 Å². The Labute approximate surface area is 104 Å². The van der Waals surface area contributed by atoms with E-state index < -0.39 is 11.2 Å². The van der Waals surface area contributed by atoms with E-state index in [1.54, 1.807) is 14.0 Å². The summed E-state index contributed by atoms with van der Waals surface area (Å²) in [4.78, 5) is 26.1. The van der Waals surface area contributed by atoms with Gasteiger partial charge in [0.05, 0.1) is 12.3 Å². The number of thioether (sulfide) groups is 1. The normalized spacial score (nSPS) is 18.8. The fraction of sp³-hybridized carbons (Fsp3) is 0.333. The van der Waals surface area contributed by atoms with Gasteiger partial charge in [0.15, 0.2) is 5.25 Å². The number of fused-ring (bicyclic) bond motifs is 1. The van der Waals surface area contributed by atoms with Crippen molar-refractivity contribution >= 4 is 29.3 Å². The molecule has 0 fully saturated rings. The lowest BCUT2D eigenvalue weighted by Crippen LogP contribution is -2.42. The first-order valence-corrected chi connectivity index (χ1v) is 6.23. The van der Waals surface area contributed by atoms with Gasteiger partial charge in [-0.2, -0.15) is 0 Å². The summed E-state index contributed by atoms with van der Waals surface area (Å²) < 4.78 is 4.91. The van der Waals surface area contributed by atoms with Crippen molar-refractivity contribution in [3.63, 3.8) is 0 Å². The first-order chi connectivity index (χ1) is 8.15. The van der Waals surface area contributed by atoms with E-state index in [2.05, 4.69) is 0 Å². The van der Waals surface area contributed by atoms with E-state index in [4.69, 9.17) is 4.74 Å². The average molecular weight is 251 g/mol. The van der Waals surface area contributed by atoms with Crippen molar-refractivity contribution in [3.8, 4) is 0 Å². The van der Waals surface area contributed by atoms with E-state index in [1.165, 1.54) is 16.7 Å². The van der Waals surface area contributed by atoms with Crippen LogP contribution in [0.4, 0.5) is 5.69 Å². The van der Waals surface area contributed by atoms with Gasteiger partial charge in [-0.15, -0.1) is 0 Å². The lowest BCUT2D eigenvalue weighted by atomic mass is 10.2. The van der Waals surface area contributed by atoms with E-state index >= 15 is 0 Å². The highest BCUT2D eigenvalue weighted by atomic mass is 32.2. The predicted octanol–water partition coefficient (Wildman–Crippen LogP) is 1.69. The van der Waals surface area contributed by atoms with Crippen LogP contribution in [0.3, 0.4) is 0 Å². The molecule has 17 heavy (non-hydrogen) atoms. The van der Waals surface area contributed by atoms with Gasteiger partial charge in [0.2, 0.25) is 0 Å². The van der Waals surface area contributed by atoms with Crippen LogP contribution in [0.5, 0.6) is 0 Å². The third-order valence-electron chi connectivity index (χ3n) is 2.53. The number of anilines is 1. The van der Waals surface area contributed by atoms with Crippen LogP contribution in [-0.4, -0.2) is 30.8 Å². The number of rotatable bonds is 2. The molecule has 0 spiro atoms. The second-order valence-electron chi connectivity index (χ2n) is 3.61. The summed E-state index contributed by atoms with van der Waals surface area (Å²) in [5.74, 6) is -0.698. The molecular weight excluding hydrogens is 238 g/mol. The third-order valence-corrected chi connectivity index (χ3v) is 3.76. The van der Waals surface area contributed by atoms with E-state index in [-0.39, 0.29) is 12.5 Å². The molecule has 1 unspecified atom stereocenters. The standard InChI is InChI=1S/C12H13NO3S/c1-3-16-12(15)10-11(14)13(2)8-6-4-5-7-9(8)17-10/h4-7,10H,3H2,1-2H3. The minimum absolute atomic E-state index is 0.229. The molecule has 0 saturated carbocycles. The lowest BCUT2D eigenvalue weighted by Gasteiger charge is -2.29. The Hall–Kier alpha value is -1.49. The largest absolute Gasteiger partial charge is 0.465 e. The molecule has 0 saturated heterocycles. The number of hydrogen-bond donors (Lipinski definition) is 0. The highest BCUT2D eigenvalue weighted by molar-refractivity contribution is 8.01. The van der Waals surface area contributed by atoms with Crippen LogP contribution in [0.1, 0.15) is 6.92 Å². The molecular formula is C12H13NO3S. The van der Waals surface area contributed by atoms with Crippen LogP contribution >= 0.6 is 11.8 Å². The summed E-state index contributed by atoms with van der Waals surface area (Å²) >= 11 is 1.25. The second-order valence-corrected chi connectivity index (χ2v) is 4.76. The topological polar surface area (TPSA) is 46.6 Å². The molecule has 0 aromatic heterocycles. The van der Waals surface area contributed by atoms with E-state index in [0.717, 1.165) is 10.6 Å². The van der Waals surface area contributed by atoms with Crippen molar-refractivity contribution < 1.29 is 14.3 Å². The Morgan fingerprint density at radius 2 is 2.18 bits per heavy atom. The van der Waals surface area contributed by atoms with Crippen molar-refractivity contribution in [3.05, 3.63) is 24.3 Å². The molecule has 4 nitrogen and oxygen atoms in total. The van der Waals surface area contributed by atoms with Gasteiger partial charge in [0.1, 0.15) is 0 Å². The number of hydrogen-bond acceptors (Lipinski definition) is 4. The van der Waals surface area contributed by atoms with Gasteiger partial charge >= 0.3 is 5.97 Å². The first kappa shape index (κ1) is 12.0. The van der Waals surface area contributed by atoms with Crippen molar-refractivity contribution in [2.24, 2.45) is 0 Å². The predicted molar refractivity (Wildman–Crippen MR) is 66.1 cm³/mol. The first-order valence-electron chi connectivity index (χ1n) is 5.35. The molecule has 1 aliphatic heterocycles. The summed E-state index contributed by atoms with van der Waals surface area (Å²) in [6.07, 6.45) is 0. The molecule has 1 heterocycles. The molecule has 1 atom stereocenters. The van der Waals surface area contributed by atoms with Gasteiger partial charge in [-0.25, -0.2) is 0 Å². The van der Waals surface area contributed by atoms with E-state index in [9.17, 15) is 9.59 Å². The fourth-order valence-electron chi connectivity index (χ4n) is 1.67. The van der Waals surface area contributed by atoms with Crippen LogP contribution in [0.2, 0.25) is 0 Å². The maximum absolute atomic E-state index is 12.0. The number of nitrogens with zero attached hydrogens (tertiary/aromatic N) is 1. The van der Waals surface area contributed by atoms with E-state index in [0.29, 0.717) is 0 Å². The Kier molecular flexibility index (Phi) is 3.38. The third kappa shape index (κ3) is 2.15. The Bertz CT molecular complexity index is 461. The van der Waals surface area contributed by atoms with Crippen LogP contribution in [0.15, 0.2) is 29.2 Å². The maximum atomic E-state index is 12.0. The fourth-order valence-corrected chi connectivity index (χ4v) is 2.83. The molecule has 1 amide bonds. The zero-order valence-corrected chi connectivity index (χ0v) is 10.5. The molecule has 1 aromatic carbocycles. The van der Waals surface area contributed by atoms with Gasteiger partial charge in [0.25, 0.3) is 5.91 Å². The molecule has 1 aliphatic rings. The summed E-state index contributed by atoms with van der Waals surface area (Å²) in [5.41, 5.74) is 0.836. The second kappa shape index (κ2) is 4.79. The van der Waals surface area contributed by atoms with Gasteiger partial charge in [-0.1, -0.05) is 23.9 Å². The Morgan fingerprint density at radius 3 is 2.88 bits per heavy atom. The zero-order chi connectivity index (χ0) is 12.4. The van der Waals surface area contributed by atoms with E-state index in [1.807, 2.05) is 24.3 Å². The lowest BCUT2D eigenvalue weighted by molar-refractivity contribution is -0.144. The number of ether oxygens (including phenoxy) is 1. The summed E-state index contributed by atoms with van der Waals surface area (Å²) in [7, 11) is 1.67. The number of amides is 1. The summed E-state index contributed by atoms with van der Waals surface area (Å²) in [5, 5.41) is -0.783. The molecule has 5 heteroatoms. The molecule has 0 bridgehead atoms. The highest BCUT2D eigenvalue weighted by Crippen LogP contribution is 2.38. The molecule has 0 aliphatic carbocycles. The molecule has 0 N–H and O–H groups in total. The van der Waals surface area contributed by atoms with Crippen LogP contribution < -0.4 is 4.90 Å². The minimum Gasteiger partial charge on any atom is -0.465 e. The highest BCUT2D eigenvalue weighted by Gasteiger charge is 2.37. The molecule has 2 rings (SSSR count). The molecule has 0 radical (unpaired) electrons. The van der Waals surface area contributed by atoms with Crippen LogP contribution in [-0.2, 0) is 14.3 Å². The number of esters is 1.